The van der Waals surface area contributed by atoms with E-state index in [4.69, 9.17) is 16.8 Å². The van der Waals surface area contributed by atoms with Crippen LogP contribution in [0.1, 0.15) is 28.4 Å². The van der Waals surface area contributed by atoms with E-state index >= 15 is 0 Å². The third kappa shape index (κ3) is 3.41. The van der Waals surface area contributed by atoms with Crippen LogP contribution in [0, 0.1) is 6.92 Å². The van der Waals surface area contributed by atoms with E-state index in [0.717, 1.165) is 11.1 Å². The Bertz CT molecular complexity index is 694. The van der Waals surface area contributed by atoms with Crippen molar-refractivity contribution in [3.63, 3.8) is 0 Å². The fourth-order valence-corrected chi connectivity index (χ4v) is 2.08. The van der Waals surface area contributed by atoms with Crippen molar-refractivity contribution in [1.82, 2.24) is 0 Å². The van der Waals surface area contributed by atoms with Gasteiger partial charge in [-0.2, -0.15) is 0 Å². The second-order valence-electron chi connectivity index (χ2n) is 4.63. The maximum Gasteiger partial charge on any atom is 0.255 e. The molecule has 0 aliphatic carbocycles. The molecule has 0 aromatic heterocycles. The molecule has 21 heavy (non-hydrogen) atoms. The first-order valence-electron chi connectivity index (χ1n) is 6.38. The number of benzene rings is 2. The molecule has 2 aromatic carbocycles. The SMILES string of the molecule is C/C(=N/O)c1ccc(NC(=O)c2cccc(Cl)c2C)cc1. The molecule has 0 fully saturated rings. The molecule has 0 heterocycles. The van der Waals surface area contributed by atoms with E-state index in [1.807, 2.05) is 0 Å². The Kier molecular flexibility index (Phi) is 4.60. The van der Waals surface area contributed by atoms with Crippen LogP contribution in [0.15, 0.2) is 47.6 Å². The lowest BCUT2D eigenvalue weighted by Crippen LogP contribution is -2.13. The molecular weight excluding hydrogens is 288 g/mol. The van der Waals surface area contributed by atoms with Gasteiger partial charge < -0.3 is 10.5 Å². The third-order valence-corrected chi connectivity index (χ3v) is 3.63. The molecule has 2 aromatic rings. The lowest BCUT2D eigenvalue weighted by Gasteiger charge is -2.09. The molecule has 5 heteroatoms. The lowest BCUT2D eigenvalue weighted by molar-refractivity contribution is 0.102. The summed E-state index contributed by atoms with van der Waals surface area (Å²) < 4.78 is 0. The molecule has 2 rings (SSSR count). The number of nitrogens with zero attached hydrogens (tertiary/aromatic N) is 1. The number of amides is 1. The second-order valence-corrected chi connectivity index (χ2v) is 5.04. The van der Waals surface area contributed by atoms with Gasteiger partial charge in [0.1, 0.15) is 0 Å². The first-order valence-corrected chi connectivity index (χ1v) is 6.76. The van der Waals surface area contributed by atoms with Gasteiger partial charge in [0.15, 0.2) is 0 Å². The van der Waals surface area contributed by atoms with Crippen molar-refractivity contribution in [1.29, 1.82) is 0 Å². The number of anilines is 1. The molecule has 0 saturated carbocycles. The normalized spacial score (nSPS) is 11.3. The van der Waals surface area contributed by atoms with E-state index in [-0.39, 0.29) is 5.91 Å². The first-order chi connectivity index (χ1) is 10.0. The van der Waals surface area contributed by atoms with E-state index in [1.54, 1.807) is 56.3 Å². The molecular formula is C16H15ClN2O2. The topological polar surface area (TPSA) is 61.7 Å². The van der Waals surface area contributed by atoms with Gasteiger partial charge in [0.05, 0.1) is 5.71 Å². The number of oxime groups is 1. The van der Waals surface area contributed by atoms with E-state index in [2.05, 4.69) is 10.5 Å². The highest BCUT2D eigenvalue weighted by molar-refractivity contribution is 6.32. The van der Waals surface area contributed by atoms with E-state index in [0.29, 0.717) is 22.0 Å². The highest BCUT2D eigenvalue weighted by Crippen LogP contribution is 2.20. The maximum absolute atomic E-state index is 12.2. The van der Waals surface area contributed by atoms with Gasteiger partial charge in [-0.3, -0.25) is 4.79 Å². The Morgan fingerprint density at radius 1 is 1.19 bits per heavy atom. The summed E-state index contributed by atoms with van der Waals surface area (Å²) >= 11 is 6.02. The molecule has 1 amide bonds. The molecule has 0 aliphatic heterocycles. The van der Waals surface area contributed by atoms with Gasteiger partial charge in [0, 0.05) is 16.3 Å². The van der Waals surface area contributed by atoms with Crippen molar-refractivity contribution in [2.75, 3.05) is 5.32 Å². The van der Waals surface area contributed by atoms with Gasteiger partial charge in [0.25, 0.3) is 5.91 Å². The van der Waals surface area contributed by atoms with Crippen molar-refractivity contribution in [2.45, 2.75) is 13.8 Å². The summed E-state index contributed by atoms with van der Waals surface area (Å²) in [5, 5.41) is 15.2. The van der Waals surface area contributed by atoms with Crippen molar-refractivity contribution in [3.05, 3.63) is 64.2 Å². The van der Waals surface area contributed by atoms with Gasteiger partial charge in [0.2, 0.25) is 0 Å². The minimum absolute atomic E-state index is 0.213. The smallest absolute Gasteiger partial charge is 0.255 e. The summed E-state index contributed by atoms with van der Waals surface area (Å²) in [6.07, 6.45) is 0. The largest absolute Gasteiger partial charge is 0.411 e. The fraction of sp³-hybridized carbons (Fsp3) is 0.125. The van der Waals surface area contributed by atoms with Crippen LogP contribution < -0.4 is 5.32 Å². The van der Waals surface area contributed by atoms with Gasteiger partial charge >= 0.3 is 0 Å². The Labute approximate surface area is 128 Å². The van der Waals surface area contributed by atoms with Crippen molar-refractivity contribution in [2.24, 2.45) is 5.16 Å². The van der Waals surface area contributed by atoms with Crippen LogP contribution in [0.3, 0.4) is 0 Å². The van der Waals surface area contributed by atoms with Crippen molar-refractivity contribution in [3.8, 4) is 0 Å². The van der Waals surface area contributed by atoms with Gasteiger partial charge in [-0.15, -0.1) is 0 Å². The van der Waals surface area contributed by atoms with Gasteiger partial charge in [-0.1, -0.05) is 35.0 Å². The minimum Gasteiger partial charge on any atom is -0.411 e. The Morgan fingerprint density at radius 2 is 1.86 bits per heavy atom. The van der Waals surface area contributed by atoms with Crippen LogP contribution in [-0.4, -0.2) is 16.8 Å². The summed E-state index contributed by atoms with van der Waals surface area (Å²) in [5.74, 6) is -0.213. The second kappa shape index (κ2) is 6.41. The Balaban J connectivity index is 2.18. The van der Waals surface area contributed by atoms with E-state index < -0.39 is 0 Å². The maximum atomic E-state index is 12.2. The molecule has 0 saturated heterocycles. The molecule has 2 N–H and O–H groups in total. The summed E-state index contributed by atoms with van der Waals surface area (Å²) in [7, 11) is 0. The Morgan fingerprint density at radius 3 is 2.48 bits per heavy atom. The van der Waals surface area contributed by atoms with Crippen LogP contribution in [0.4, 0.5) is 5.69 Å². The van der Waals surface area contributed by atoms with Gasteiger partial charge in [-0.25, -0.2) is 0 Å². The Hall–Kier alpha value is -2.33. The summed E-state index contributed by atoms with van der Waals surface area (Å²) in [6.45, 7) is 3.50. The number of carbonyl (C=O) groups is 1. The lowest BCUT2D eigenvalue weighted by atomic mass is 10.1. The zero-order chi connectivity index (χ0) is 15.4. The fourth-order valence-electron chi connectivity index (χ4n) is 1.90. The average molecular weight is 303 g/mol. The number of hydrogen-bond acceptors (Lipinski definition) is 3. The summed E-state index contributed by atoms with van der Waals surface area (Å²) in [5.41, 5.74) is 3.25. The monoisotopic (exact) mass is 302 g/mol. The molecule has 108 valence electrons. The standard InChI is InChI=1S/C16H15ClN2O2/c1-10-14(4-3-5-15(10)17)16(20)18-13-8-6-12(7-9-13)11(2)19-21/h3-9,21H,1-2H3,(H,18,20)/b19-11-. The quantitative estimate of drug-likeness (QED) is 0.509. The number of nitrogens with one attached hydrogen (secondary N) is 1. The van der Waals surface area contributed by atoms with Crippen LogP contribution >= 0.6 is 11.6 Å². The molecule has 0 bridgehead atoms. The number of halogens is 1. The predicted octanol–water partition coefficient (Wildman–Crippen LogP) is 4.10. The van der Waals surface area contributed by atoms with Gasteiger partial charge in [-0.05, 0) is 49.2 Å². The first kappa shape index (κ1) is 15.1. The molecule has 0 radical (unpaired) electrons. The highest BCUT2D eigenvalue weighted by atomic mass is 35.5. The van der Waals surface area contributed by atoms with Crippen molar-refractivity contribution >= 4 is 28.9 Å². The number of rotatable bonds is 3. The van der Waals surface area contributed by atoms with E-state index in [1.165, 1.54) is 0 Å². The predicted molar refractivity (Wildman–Crippen MR) is 84.6 cm³/mol. The molecule has 0 aliphatic rings. The zero-order valence-electron chi connectivity index (χ0n) is 11.7. The van der Waals surface area contributed by atoms with Crippen LogP contribution in [0.25, 0.3) is 0 Å². The molecule has 0 atom stereocenters. The molecule has 0 spiro atoms. The third-order valence-electron chi connectivity index (χ3n) is 3.22. The number of hydrogen-bond donors (Lipinski definition) is 2. The van der Waals surface area contributed by atoms with Crippen molar-refractivity contribution < 1.29 is 10.0 Å². The summed E-state index contributed by atoms with van der Waals surface area (Å²) in [4.78, 5) is 12.2. The summed E-state index contributed by atoms with van der Waals surface area (Å²) in [6, 6.07) is 12.3. The van der Waals surface area contributed by atoms with Crippen LogP contribution in [0.5, 0.6) is 0 Å². The zero-order valence-corrected chi connectivity index (χ0v) is 12.5. The number of carbonyl (C=O) groups excluding carboxylic acids is 1. The average Bonchev–Trinajstić information content (AvgIpc) is 2.50. The molecule has 0 unspecified atom stereocenters. The minimum atomic E-state index is -0.213. The van der Waals surface area contributed by atoms with Crippen LogP contribution in [0.2, 0.25) is 5.02 Å². The van der Waals surface area contributed by atoms with E-state index in [9.17, 15) is 4.79 Å². The highest BCUT2D eigenvalue weighted by Gasteiger charge is 2.11. The van der Waals surface area contributed by atoms with Crippen LogP contribution in [-0.2, 0) is 0 Å². The molecule has 4 nitrogen and oxygen atoms in total.